The van der Waals surface area contributed by atoms with Crippen LogP contribution in [0.5, 0.6) is 11.5 Å². The number of thiocarbonyl (C=S) groups is 1. The molecule has 0 radical (unpaired) electrons. The molecule has 0 aliphatic heterocycles. The number of anilines is 2. The number of methoxy groups -OCH3 is 2. The second kappa shape index (κ2) is 12.8. The molecule has 0 bridgehead atoms. The summed E-state index contributed by atoms with van der Waals surface area (Å²) >= 11 is 8.62. The van der Waals surface area contributed by atoms with E-state index in [9.17, 15) is 9.59 Å². The average Bonchev–Trinajstić information content (AvgIpc) is 2.77. The molecule has 2 amide bonds. The maximum absolute atomic E-state index is 12.2. The minimum Gasteiger partial charge on any atom is -0.496 e. The van der Waals surface area contributed by atoms with Crippen molar-refractivity contribution in [3.63, 3.8) is 0 Å². The maximum Gasteiger partial charge on any atom is 0.250 e. The number of amides is 2. The van der Waals surface area contributed by atoms with Gasteiger partial charge in [0.05, 0.1) is 19.9 Å². The number of halogens is 1. The van der Waals surface area contributed by atoms with E-state index in [-0.39, 0.29) is 11.0 Å². The Hall–Kier alpha value is -2.91. The maximum atomic E-state index is 12.2. The van der Waals surface area contributed by atoms with Crippen LogP contribution in [0.3, 0.4) is 0 Å². The smallest absolute Gasteiger partial charge is 0.250 e. The molecular weight excluding hydrogens is 494 g/mol. The number of benzene rings is 2. The molecular formula is C23H26BrN3O4S. The number of carbonyl (C=O) groups excluding carboxylic acids is 2. The fraction of sp³-hybridized carbons (Fsp3) is 0.261. The molecule has 0 atom stereocenters. The molecule has 2 rings (SSSR count). The van der Waals surface area contributed by atoms with Crippen LogP contribution in [-0.2, 0) is 9.59 Å². The van der Waals surface area contributed by atoms with Crippen LogP contribution in [-0.4, -0.2) is 31.1 Å². The van der Waals surface area contributed by atoms with Gasteiger partial charge in [-0.05, 0) is 55.0 Å². The van der Waals surface area contributed by atoms with Crippen LogP contribution >= 0.6 is 28.1 Å². The Balaban J connectivity index is 1.98. The van der Waals surface area contributed by atoms with Gasteiger partial charge in [-0.15, -0.1) is 0 Å². The van der Waals surface area contributed by atoms with E-state index < -0.39 is 5.91 Å². The van der Waals surface area contributed by atoms with Crippen molar-refractivity contribution in [3.05, 3.63) is 52.5 Å². The highest BCUT2D eigenvalue weighted by Crippen LogP contribution is 2.28. The number of unbranched alkanes of at least 4 members (excludes halogenated alkanes) is 1. The molecule has 2 aromatic carbocycles. The number of carbonyl (C=O) groups is 2. The number of hydrogen-bond acceptors (Lipinski definition) is 5. The molecule has 9 heteroatoms. The van der Waals surface area contributed by atoms with Crippen LogP contribution in [0.1, 0.15) is 31.7 Å². The SMILES string of the molecule is CCCCC(=O)Nc1ccc(NC(=S)NC(=O)/C=C/c2cc(Br)ccc2OC)cc1OC. The van der Waals surface area contributed by atoms with Crippen molar-refractivity contribution in [2.45, 2.75) is 26.2 Å². The third-order valence-corrected chi connectivity index (χ3v) is 5.03. The van der Waals surface area contributed by atoms with E-state index in [0.29, 0.717) is 29.3 Å². The summed E-state index contributed by atoms with van der Waals surface area (Å²) in [7, 11) is 3.08. The molecule has 3 N–H and O–H groups in total. The number of nitrogens with one attached hydrogen (secondary N) is 3. The quantitative estimate of drug-likeness (QED) is 0.314. The van der Waals surface area contributed by atoms with Crippen LogP contribution in [0.25, 0.3) is 6.08 Å². The van der Waals surface area contributed by atoms with Crippen LogP contribution < -0.4 is 25.4 Å². The molecule has 0 heterocycles. The third-order valence-electron chi connectivity index (χ3n) is 4.33. The lowest BCUT2D eigenvalue weighted by atomic mass is 10.2. The van der Waals surface area contributed by atoms with Gasteiger partial charge in [-0.1, -0.05) is 29.3 Å². The molecule has 0 aliphatic rings. The Bertz CT molecular complexity index is 1010. The minimum atomic E-state index is -0.392. The van der Waals surface area contributed by atoms with Gasteiger partial charge in [0, 0.05) is 34.3 Å². The number of ether oxygens (including phenoxy) is 2. The van der Waals surface area contributed by atoms with Crippen molar-refractivity contribution in [2.24, 2.45) is 0 Å². The predicted molar refractivity (Wildman–Crippen MR) is 135 cm³/mol. The molecule has 0 saturated carbocycles. The zero-order valence-corrected chi connectivity index (χ0v) is 20.6. The third kappa shape index (κ3) is 7.97. The van der Waals surface area contributed by atoms with Crippen molar-refractivity contribution in [3.8, 4) is 11.5 Å². The molecule has 170 valence electrons. The Morgan fingerprint density at radius 2 is 1.81 bits per heavy atom. The standard InChI is InChI=1S/C23H26BrN3O4S/c1-4-5-6-21(28)26-18-10-9-17(14-20(18)31-3)25-23(32)27-22(29)12-7-15-13-16(24)8-11-19(15)30-2/h7-14H,4-6H2,1-3H3,(H,26,28)(H2,25,27,29,32)/b12-7+. The molecule has 0 saturated heterocycles. The van der Waals surface area contributed by atoms with Gasteiger partial charge in [0.15, 0.2) is 5.11 Å². The first-order chi connectivity index (χ1) is 15.4. The zero-order valence-electron chi connectivity index (χ0n) is 18.2. The highest BCUT2D eigenvalue weighted by molar-refractivity contribution is 9.10. The topological polar surface area (TPSA) is 88.7 Å². The first kappa shape index (κ1) is 25.4. The minimum absolute atomic E-state index is 0.0671. The second-order valence-corrected chi connectivity index (χ2v) is 8.05. The summed E-state index contributed by atoms with van der Waals surface area (Å²) < 4.78 is 11.5. The van der Waals surface area contributed by atoms with Gasteiger partial charge in [-0.2, -0.15) is 0 Å². The van der Waals surface area contributed by atoms with E-state index in [2.05, 4.69) is 31.9 Å². The van der Waals surface area contributed by atoms with Crippen LogP contribution in [0.2, 0.25) is 0 Å². The first-order valence-corrected chi connectivity index (χ1v) is 11.2. The summed E-state index contributed by atoms with van der Waals surface area (Å²) in [6.07, 6.45) is 5.23. The van der Waals surface area contributed by atoms with Crippen molar-refractivity contribution in [2.75, 3.05) is 24.9 Å². The summed E-state index contributed by atoms with van der Waals surface area (Å²) in [6.45, 7) is 2.03. The lowest BCUT2D eigenvalue weighted by Crippen LogP contribution is -2.32. The Kier molecular flexibility index (Phi) is 10.2. The summed E-state index contributed by atoms with van der Waals surface area (Å²) in [4.78, 5) is 24.2. The Morgan fingerprint density at radius 3 is 2.50 bits per heavy atom. The van der Waals surface area contributed by atoms with E-state index in [1.807, 2.05) is 19.1 Å². The zero-order chi connectivity index (χ0) is 23.5. The Labute approximate surface area is 201 Å². The van der Waals surface area contributed by atoms with Gasteiger partial charge >= 0.3 is 0 Å². The number of hydrogen-bond donors (Lipinski definition) is 3. The van der Waals surface area contributed by atoms with Crippen molar-refractivity contribution in [1.82, 2.24) is 5.32 Å². The summed E-state index contributed by atoms with van der Waals surface area (Å²) in [5.74, 6) is 0.668. The van der Waals surface area contributed by atoms with Crippen LogP contribution in [0.15, 0.2) is 46.9 Å². The summed E-state index contributed by atoms with van der Waals surface area (Å²) in [5, 5.41) is 8.49. The second-order valence-electron chi connectivity index (χ2n) is 6.73. The highest BCUT2D eigenvalue weighted by atomic mass is 79.9. The molecule has 0 aromatic heterocycles. The van der Waals surface area contributed by atoms with Crippen LogP contribution in [0, 0.1) is 0 Å². The van der Waals surface area contributed by atoms with Gasteiger partial charge in [-0.25, -0.2) is 0 Å². The summed E-state index contributed by atoms with van der Waals surface area (Å²) in [5.41, 5.74) is 1.92. The fourth-order valence-corrected chi connectivity index (χ4v) is 3.34. The van der Waals surface area contributed by atoms with Gasteiger partial charge < -0.3 is 20.1 Å². The lowest BCUT2D eigenvalue weighted by Gasteiger charge is -2.13. The van der Waals surface area contributed by atoms with E-state index in [4.69, 9.17) is 21.7 Å². The van der Waals surface area contributed by atoms with E-state index >= 15 is 0 Å². The van der Waals surface area contributed by atoms with Gasteiger partial charge in [-0.3, -0.25) is 14.9 Å². The number of rotatable bonds is 9. The fourth-order valence-electron chi connectivity index (χ4n) is 2.74. The largest absolute Gasteiger partial charge is 0.496 e. The Morgan fingerprint density at radius 1 is 1.06 bits per heavy atom. The average molecular weight is 520 g/mol. The van der Waals surface area contributed by atoms with Crippen molar-refractivity contribution in [1.29, 1.82) is 0 Å². The highest BCUT2D eigenvalue weighted by Gasteiger charge is 2.10. The van der Waals surface area contributed by atoms with Crippen LogP contribution in [0.4, 0.5) is 11.4 Å². The van der Waals surface area contributed by atoms with Gasteiger partial charge in [0.2, 0.25) is 11.8 Å². The molecule has 32 heavy (non-hydrogen) atoms. The van der Waals surface area contributed by atoms with Crippen molar-refractivity contribution >= 4 is 62.5 Å². The molecule has 0 unspecified atom stereocenters. The first-order valence-electron chi connectivity index (χ1n) is 9.97. The predicted octanol–water partition coefficient (Wildman–Crippen LogP) is 5.12. The summed E-state index contributed by atoms with van der Waals surface area (Å²) in [6, 6.07) is 10.6. The molecule has 2 aromatic rings. The van der Waals surface area contributed by atoms with Crippen molar-refractivity contribution < 1.29 is 19.1 Å². The van der Waals surface area contributed by atoms with Gasteiger partial charge in [0.1, 0.15) is 11.5 Å². The molecule has 0 fully saturated rings. The monoisotopic (exact) mass is 519 g/mol. The normalized spacial score (nSPS) is 10.5. The van der Waals surface area contributed by atoms with Gasteiger partial charge in [0.25, 0.3) is 0 Å². The molecule has 0 aliphatic carbocycles. The van der Waals surface area contributed by atoms with E-state index in [1.54, 1.807) is 37.5 Å². The molecule has 7 nitrogen and oxygen atoms in total. The molecule has 0 spiro atoms. The van der Waals surface area contributed by atoms with E-state index in [1.165, 1.54) is 13.2 Å². The lowest BCUT2D eigenvalue weighted by molar-refractivity contribution is -0.116. The van der Waals surface area contributed by atoms with E-state index in [0.717, 1.165) is 22.9 Å².